The molecule has 7 heteroatoms. The fourth-order valence-corrected chi connectivity index (χ4v) is 4.04. The molecule has 4 rings (SSSR count). The van der Waals surface area contributed by atoms with Gasteiger partial charge in [-0.25, -0.2) is 9.07 Å². The SMILES string of the molecule is Cc1ccc(C(c2nnnn2C(C)(C)C)N2CCN(c3ccccc3F)CC2)cc1. The summed E-state index contributed by atoms with van der Waals surface area (Å²) in [6.45, 7) is 11.5. The molecule has 0 bridgehead atoms. The Balaban J connectivity index is 1.64. The van der Waals surface area contributed by atoms with Crippen molar-refractivity contribution >= 4 is 5.69 Å². The van der Waals surface area contributed by atoms with Crippen molar-refractivity contribution in [3.63, 3.8) is 0 Å². The maximum atomic E-state index is 14.3. The van der Waals surface area contributed by atoms with E-state index in [0.717, 1.165) is 32.0 Å². The molecule has 2 aromatic carbocycles. The lowest BCUT2D eigenvalue weighted by atomic mass is 10.0. The van der Waals surface area contributed by atoms with E-state index in [-0.39, 0.29) is 17.4 Å². The Morgan fingerprint density at radius 1 is 0.933 bits per heavy atom. The van der Waals surface area contributed by atoms with Gasteiger partial charge in [-0.05, 0) is 55.8 Å². The second-order valence-electron chi connectivity index (χ2n) is 8.91. The molecule has 2 heterocycles. The molecule has 1 unspecified atom stereocenters. The van der Waals surface area contributed by atoms with Gasteiger partial charge in [0.2, 0.25) is 0 Å². The Labute approximate surface area is 177 Å². The third-order valence-corrected chi connectivity index (χ3v) is 5.64. The lowest BCUT2D eigenvalue weighted by molar-refractivity contribution is 0.191. The molecule has 0 N–H and O–H groups in total. The van der Waals surface area contributed by atoms with Crippen molar-refractivity contribution in [3.8, 4) is 0 Å². The topological polar surface area (TPSA) is 50.1 Å². The van der Waals surface area contributed by atoms with Gasteiger partial charge in [-0.1, -0.05) is 42.0 Å². The summed E-state index contributed by atoms with van der Waals surface area (Å²) in [6.07, 6.45) is 0. The first-order valence-corrected chi connectivity index (χ1v) is 10.4. The lowest BCUT2D eigenvalue weighted by Gasteiger charge is -2.40. The van der Waals surface area contributed by atoms with Gasteiger partial charge in [0.1, 0.15) is 5.82 Å². The number of nitrogens with zero attached hydrogens (tertiary/aromatic N) is 6. The van der Waals surface area contributed by atoms with Crippen molar-refractivity contribution in [3.05, 3.63) is 71.3 Å². The third-order valence-electron chi connectivity index (χ3n) is 5.64. The van der Waals surface area contributed by atoms with Crippen LogP contribution in [0.15, 0.2) is 48.5 Å². The minimum Gasteiger partial charge on any atom is -0.367 e. The highest BCUT2D eigenvalue weighted by molar-refractivity contribution is 5.48. The Hall–Kier alpha value is -2.80. The van der Waals surface area contributed by atoms with Gasteiger partial charge in [0.05, 0.1) is 17.3 Å². The van der Waals surface area contributed by atoms with Gasteiger partial charge in [-0.15, -0.1) is 5.10 Å². The first-order chi connectivity index (χ1) is 14.3. The average molecular weight is 409 g/mol. The summed E-state index contributed by atoms with van der Waals surface area (Å²) in [5.74, 6) is 0.670. The van der Waals surface area contributed by atoms with E-state index in [2.05, 4.69) is 77.3 Å². The predicted molar refractivity (Wildman–Crippen MR) is 116 cm³/mol. The number of benzene rings is 2. The molecule has 0 saturated carbocycles. The molecule has 1 aliphatic rings. The van der Waals surface area contributed by atoms with Gasteiger partial charge in [-0.2, -0.15) is 0 Å². The zero-order chi connectivity index (χ0) is 21.3. The predicted octanol–water partition coefficient (Wildman–Crippen LogP) is 3.79. The summed E-state index contributed by atoms with van der Waals surface area (Å²) in [5, 5.41) is 12.7. The number of rotatable bonds is 4. The molecule has 1 fully saturated rings. The van der Waals surface area contributed by atoms with Crippen molar-refractivity contribution < 1.29 is 4.39 Å². The lowest BCUT2D eigenvalue weighted by Crippen LogP contribution is -2.49. The molecule has 1 atom stereocenters. The minimum atomic E-state index is -0.225. The Bertz CT molecular complexity index is 983. The van der Waals surface area contributed by atoms with E-state index >= 15 is 0 Å². The smallest absolute Gasteiger partial charge is 0.173 e. The highest BCUT2D eigenvalue weighted by Crippen LogP contribution is 2.31. The average Bonchev–Trinajstić information content (AvgIpc) is 3.21. The molecule has 1 aromatic heterocycles. The highest BCUT2D eigenvalue weighted by atomic mass is 19.1. The second-order valence-corrected chi connectivity index (χ2v) is 8.91. The van der Waals surface area contributed by atoms with Gasteiger partial charge in [0.15, 0.2) is 5.82 Å². The molecule has 3 aromatic rings. The molecular formula is C23H29FN6. The van der Waals surface area contributed by atoms with E-state index in [1.807, 2.05) is 16.8 Å². The number of anilines is 1. The molecule has 0 radical (unpaired) electrons. The monoisotopic (exact) mass is 408 g/mol. The van der Waals surface area contributed by atoms with Crippen LogP contribution in [0.5, 0.6) is 0 Å². The summed E-state index contributed by atoms with van der Waals surface area (Å²) >= 11 is 0. The van der Waals surface area contributed by atoms with Crippen molar-refractivity contribution in [1.29, 1.82) is 0 Å². The Kier molecular flexibility index (Phi) is 5.56. The summed E-state index contributed by atoms with van der Waals surface area (Å²) in [5.41, 5.74) is 2.83. The van der Waals surface area contributed by atoms with Crippen LogP contribution in [0.25, 0.3) is 0 Å². The molecule has 0 aliphatic carbocycles. The molecule has 0 spiro atoms. The van der Waals surface area contributed by atoms with Gasteiger partial charge in [-0.3, -0.25) is 4.90 Å². The van der Waals surface area contributed by atoms with Gasteiger partial charge in [0.25, 0.3) is 0 Å². The number of hydrogen-bond donors (Lipinski definition) is 0. The molecular weight excluding hydrogens is 379 g/mol. The number of piperazine rings is 1. The molecule has 158 valence electrons. The highest BCUT2D eigenvalue weighted by Gasteiger charge is 2.33. The zero-order valence-corrected chi connectivity index (χ0v) is 18.1. The quantitative estimate of drug-likeness (QED) is 0.657. The first kappa shape index (κ1) is 20.5. The Morgan fingerprint density at radius 3 is 2.23 bits per heavy atom. The van der Waals surface area contributed by atoms with Crippen molar-refractivity contribution in [2.45, 2.75) is 39.3 Å². The summed E-state index contributed by atoms with van der Waals surface area (Å²) in [7, 11) is 0. The largest absolute Gasteiger partial charge is 0.367 e. The van der Waals surface area contributed by atoms with Crippen molar-refractivity contribution in [2.24, 2.45) is 0 Å². The van der Waals surface area contributed by atoms with Crippen molar-refractivity contribution in [2.75, 3.05) is 31.1 Å². The second kappa shape index (κ2) is 8.14. The van der Waals surface area contributed by atoms with Crippen LogP contribution in [0.3, 0.4) is 0 Å². The number of hydrogen-bond acceptors (Lipinski definition) is 5. The fraction of sp³-hybridized carbons (Fsp3) is 0.435. The van der Waals surface area contributed by atoms with Crippen molar-refractivity contribution in [1.82, 2.24) is 25.1 Å². The van der Waals surface area contributed by atoms with Crippen LogP contribution < -0.4 is 4.90 Å². The maximum Gasteiger partial charge on any atom is 0.173 e. The van der Waals surface area contributed by atoms with Crippen LogP contribution in [0, 0.1) is 12.7 Å². The van der Waals surface area contributed by atoms with Crippen LogP contribution in [0.1, 0.15) is 43.8 Å². The molecule has 1 saturated heterocycles. The van der Waals surface area contributed by atoms with E-state index in [1.54, 1.807) is 6.07 Å². The van der Waals surface area contributed by atoms with E-state index in [1.165, 1.54) is 17.2 Å². The summed E-state index contributed by atoms with van der Waals surface area (Å²) in [4.78, 5) is 4.51. The van der Waals surface area contributed by atoms with Gasteiger partial charge in [0, 0.05) is 26.2 Å². The normalized spacial score (nSPS) is 16.6. The minimum absolute atomic E-state index is 0.0532. The van der Waals surface area contributed by atoms with Crippen LogP contribution >= 0.6 is 0 Å². The standard InChI is InChI=1S/C23H29FN6/c1-17-9-11-18(12-10-17)21(22-25-26-27-30(22)23(2,3)4)29-15-13-28(14-16-29)20-8-6-5-7-19(20)24/h5-12,21H,13-16H2,1-4H3. The Morgan fingerprint density at radius 2 is 1.60 bits per heavy atom. The van der Waals surface area contributed by atoms with Crippen LogP contribution in [0.4, 0.5) is 10.1 Å². The zero-order valence-electron chi connectivity index (χ0n) is 18.1. The van der Waals surface area contributed by atoms with E-state index in [0.29, 0.717) is 5.69 Å². The van der Waals surface area contributed by atoms with Gasteiger partial charge >= 0.3 is 0 Å². The molecule has 30 heavy (non-hydrogen) atoms. The number of tetrazole rings is 1. The fourth-order valence-electron chi connectivity index (χ4n) is 4.04. The number of aromatic nitrogens is 4. The van der Waals surface area contributed by atoms with E-state index in [4.69, 9.17) is 0 Å². The molecule has 0 amide bonds. The number of halogens is 1. The van der Waals surface area contributed by atoms with Crippen LogP contribution in [0.2, 0.25) is 0 Å². The summed E-state index contributed by atoms with van der Waals surface area (Å²) in [6, 6.07) is 15.5. The van der Waals surface area contributed by atoms with Crippen LogP contribution in [-0.2, 0) is 5.54 Å². The third kappa shape index (κ3) is 4.07. The number of aryl methyl sites for hydroxylation is 1. The van der Waals surface area contributed by atoms with E-state index < -0.39 is 0 Å². The summed E-state index contributed by atoms with van der Waals surface area (Å²) < 4.78 is 16.2. The van der Waals surface area contributed by atoms with Crippen LogP contribution in [-0.4, -0.2) is 51.3 Å². The number of para-hydroxylation sites is 1. The first-order valence-electron chi connectivity index (χ1n) is 10.4. The molecule has 1 aliphatic heterocycles. The maximum absolute atomic E-state index is 14.3. The molecule has 6 nitrogen and oxygen atoms in total. The van der Waals surface area contributed by atoms with Gasteiger partial charge < -0.3 is 4.90 Å². The van der Waals surface area contributed by atoms with E-state index in [9.17, 15) is 4.39 Å².